The molecule has 0 saturated heterocycles. The molecule has 0 aliphatic carbocycles. The molecule has 0 saturated carbocycles. The Kier molecular flexibility index (Phi) is 4.50. The summed E-state index contributed by atoms with van der Waals surface area (Å²) < 4.78 is 11.5. The van der Waals surface area contributed by atoms with Crippen molar-refractivity contribution < 1.29 is 14.3 Å². The van der Waals surface area contributed by atoms with E-state index in [1.807, 2.05) is 50.2 Å². The van der Waals surface area contributed by atoms with Crippen molar-refractivity contribution in [2.75, 3.05) is 19.0 Å². The van der Waals surface area contributed by atoms with E-state index in [1.54, 1.807) is 12.3 Å². The largest absolute Gasteiger partial charge is 0.482 e. The molecule has 3 rings (SSSR count). The maximum Gasteiger partial charge on any atom is 0.265 e. The molecule has 7 heteroatoms. The van der Waals surface area contributed by atoms with Gasteiger partial charge in [-0.05, 0) is 25.1 Å². The van der Waals surface area contributed by atoms with E-state index in [9.17, 15) is 4.79 Å². The normalized spacial score (nSPS) is 18.8. The minimum absolute atomic E-state index is 0.231. The number of fused-ring (bicyclic) bond motifs is 1. The lowest BCUT2D eigenvalue weighted by Gasteiger charge is -2.30. The average molecular weight is 328 g/mol. The fourth-order valence-corrected chi connectivity index (χ4v) is 2.40. The van der Waals surface area contributed by atoms with Crippen LogP contribution >= 0.6 is 0 Å². The van der Waals surface area contributed by atoms with Crippen LogP contribution in [0.5, 0.6) is 11.5 Å². The number of benzene rings is 1. The van der Waals surface area contributed by atoms with E-state index in [0.29, 0.717) is 17.3 Å². The van der Waals surface area contributed by atoms with Crippen molar-refractivity contribution in [3.63, 3.8) is 0 Å². The summed E-state index contributed by atoms with van der Waals surface area (Å²) in [6.45, 7) is 2.04. The highest BCUT2D eigenvalue weighted by Crippen LogP contribution is 2.33. The van der Waals surface area contributed by atoms with E-state index in [2.05, 4.69) is 15.3 Å². The summed E-state index contributed by atoms with van der Waals surface area (Å²) in [7, 11) is 3.80. The summed E-state index contributed by atoms with van der Waals surface area (Å²) >= 11 is 0. The highest BCUT2D eigenvalue weighted by atomic mass is 16.6. The number of para-hydroxylation sites is 2. The van der Waals surface area contributed by atoms with Crippen LogP contribution in [0.2, 0.25) is 0 Å². The van der Waals surface area contributed by atoms with Crippen LogP contribution in [0.4, 0.5) is 5.82 Å². The first-order valence-corrected chi connectivity index (χ1v) is 7.74. The number of anilines is 1. The molecule has 1 aromatic heterocycles. The lowest BCUT2D eigenvalue weighted by Crippen LogP contribution is -2.48. The number of ether oxygens (including phenoxy) is 2. The number of amides is 1. The van der Waals surface area contributed by atoms with Gasteiger partial charge in [-0.2, -0.15) is 0 Å². The Bertz CT molecular complexity index is 735. The van der Waals surface area contributed by atoms with Gasteiger partial charge in [0.05, 0.1) is 6.54 Å². The number of nitrogens with one attached hydrogen (secondary N) is 1. The van der Waals surface area contributed by atoms with Crippen molar-refractivity contribution in [2.45, 2.75) is 25.7 Å². The van der Waals surface area contributed by atoms with Gasteiger partial charge in [0, 0.05) is 20.3 Å². The Morgan fingerprint density at radius 2 is 1.92 bits per heavy atom. The van der Waals surface area contributed by atoms with Gasteiger partial charge in [-0.3, -0.25) is 4.79 Å². The summed E-state index contributed by atoms with van der Waals surface area (Å²) in [5.74, 6) is 2.29. The zero-order valence-corrected chi connectivity index (χ0v) is 13.9. The Hall–Kier alpha value is -2.83. The van der Waals surface area contributed by atoms with E-state index < -0.39 is 6.10 Å². The highest BCUT2D eigenvalue weighted by molar-refractivity contribution is 5.82. The average Bonchev–Trinajstić information content (AvgIpc) is 2.59. The van der Waals surface area contributed by atoms with Gasteiger partial charge in [-0.1, -0.05) is 12.1 Å². The first kappa shape index (κ1) is 16.0. The van der Waals surface area contributed by atoms with Crippen LogP contribution < -0.4 is 19.7 Å². The summed E-state index contributed by atoms with van der Waals surface area (Å²) in [5.41, 5.74) is 0. The number of rotatable bonds is 4. The Labute approximate surface area is 140 Å². The van der Waals surface area contributed by atoms with Crippen molar-refractivity contribution >= 4 is 11.7 Å². The first-order valence-electron chi connectivity index (χ1n) is 7.74. The number of nitrogens with zero attached hydrogens (tertiary/aromatic N) is 3. The SMILES string of the molecule is CC1Oc2ccccc2OC1C(=O)NCc1nccc(N(C)C)n1. The van der Waals surface area contributed by atoms with Crippen LogP contribution in [-0.2, 0) is 11.3 Å². The lowest BCUT2D eigenvalue weighted by atomic mass is 10.1. The number of aromatic nitrogens is 2. The van der Waals surface area contributed by atoms with E-state index in [4.69, 9.17) is 9.47 Å². The van der Waals surface area contributed by atoms with E-state index >= 15 is 0 Å². The zero-order valence-electron chi connectivity index (χ0n) is 13.9. The Morgan fingerprint density at radius 3 is 2.62 bits per heavy atom. The monoisotopic (exact) mass is 328 g/mol. The fourth-order valence-electron chi connectivity index (χ4n) is 2.40. The molecule has 126 valence electrons. The summed E-state index contributed by atoms with van der Waals surface area (Å²) in [6.07, 6.45) is 0.578. The third-order valence-electron chi connectivity index (χ3n) is 3.67. The van der Waals surface area contributed by atoms with Crippen LogP contribution in [0.15, 0.2) is 36.5 Å². The lowest BCUT2D eigenvalue weighted by molar-refractivity contribution is -0.133. The molecule has 0 fully saturated rings. The molecule has 24 heavy (non-hydrogen) atoms. The summed E-state index contributed by atoms with van der Waals surface area (Å²) in [4.78, 5) is 22.8. The molecule has 0 spiro atoms. The molecule has 1 aliphatic rings. The van der Waals surface area contributed by atoms with Crippen LogP contribution in [0.3, 0.4) is 0 Å². The van der Waals surface area contributed by atoms with Crippen molar-refractivity contribution in [2.24, 2.45) is 0 Å². The van der Waals surface area contributed by atoms with Crippen LogP contribution in [-0.4, -0.2) is 42.2 Å². The van der Waals surface area contributed by atoms with E-state index in [0.717, 1.165) is 5.82 Å². The van der Waals surface area contributed by atoms with Gasteiger partial charge in [0.15, 0.2) is 11.5 Å². The number of carbonyl (C=O) groups excluding carboxylic acids is 1. The van der Waals surface area contributed by atoms with Crippen molar-refractivity contribution in [3.05, 3.63) is 42.4 Å². The second-order valence-corrected chi connectivity index (χ2v) is 5.75. The van der Waals surface area contributed by atoms with Crippen molar-refractivity contribution in [1.29, 1.82) is 0 Å². The van der Waals surface area contributed by atoms with Crippen LogP contribution in [0.1, 0.15) is 12.7 Å². The summed E-state index contributed by atoms with van der Waals surface area (Å²) in [6, 6.07) is 9.12. The standard InChI is InChI=1S/C17H20N4O3/c1-11-16(24-13-7-5-4-6-12(13)23-11)17(22)19-10-14-18-9-8-15(20-14)21(2)3/h4-9,11,16H,10H2,1-3H3,(H,19,22). The topological polar surface area (TPSA) is 76.6 Å². The number of hydrogen-bond donors (Lipinski definition) is 1. The second kappa shape index (κ2) is 6.74. The molecule has 0 bridgehead atoms. The molecular formula is C17H20N4O3. The van der Waals surface area contributed by atoms with Gasteiger partial charge in [0.25, 0.3) is 5.91 Å². The molecule has 2 atom stereocenters. The fraction of sp³-hybridized carbons (Fsp3) is 0.353. The van der Waals surface area contributed by atoms with Gasteiger partial charge in [0.1, 0.15) is 17.7 Å². The number of hydrogen-bond acceptors (Lipinski definition) is 6. The smallest absolute Gasteiger partial charge is 0.265 e. The molecular weight excluding hydrogens is 308 g/mol. The molecule has 2 aromatic rings. The minimum atomic E-state index is -0.711. The molecule has 1 amide bonds. The first-order chi connectivity index (χ1) is 11.5. The maximum absolute atomic E-state index is 12.4. The van der Waals surface area contributed by atoms with Crippen molar-refractivity contribution in [3.8, 4) is 11.5 Å². The third-order valence-corrected chi connectivity index (χ3v) is 3.67. The predicted molar refractivity (Wildman–Crippen MR) is 89.2 cm³/mol. The van der Waals surface area contributed by atoms with E-state index in [-0.39, 0.29) is 18.6 Å². The quantitative estimate of drug-likeness (QED) is 0.914. The number of carbonyl (C=O) groups is 1. The molecule has 2 unspecified atom stereocenters. The second-order valence-electron chi connectivity index (χ2n) is 5.75. The van der Waals surface area contributed by atoms with Gasteiger partial charge in [-0.25, -0.2) is 9.97 Å². The van der Waals surface area contributed by atoms with Crippen LogP contribution in [0.25, 0.3) is 0 Å². The predicted octanol–water partition coefficient (Wildman–Crippen LogP) is 1.39. The van der Waals surface area contributed by atoms with Gasteiger partial charge in [0.2, 0.25) is 6.10 Å². The van der Waals surface area contributed by atoms with Crippen LogP contribution in [0, 0.1) is 0 Å². The summed E-state index contributed by atoms with van der Waals surface area (Å²) in [5, 5.41) is 2.81. The molecule has 1 N–H and O–H groups in total. The van der Waals surface area contributed by atoms with Gasteiger partial charge >= 0.3 is 0 Å². The molecule has 1 aliphatic heterocycles. The maximum atomic E-state index is 12.4. The zero-order chi connectivity index (χ0) is 17.1. The minimum Gasteiger partial charge on any atom is -0.482 e. The molecule has 7 nitrogen and oxygen atoms in total. The molecule has 0 radical (unpaired) electrons. The Morgan fingerprint density at radius 1 is 1.21 bits per heavy atom. The van der Waals surface area contributed by atoms with Gasteiger partial charge in [-0.15, -0.1) is 0 Å². The Balaban J connectivity index is 1.64. The highest BCUT2D eigenvalue weighted by Gasteiger charge is 2.33. The molecule has 1 aromatic carbocycles. The van der Waals surface area contributed by atoms with Gasteiger partial charge < -0.3 is 19.7 Å². The third kappa shape index (κ3) is 3.40. The molecule has 2 heterocycles. The van der Waals surface area contributed by atoms with Crippen molar-refractivity contribution in [1.82, 2.24) is 15.3 Å². The van der Waals surface area contributed by atoms with E-state index in [1.165, 1.54) is 0 Å².